The molecule has 26 heavy (non-hydrogen) atoms. The first-order chi connectivity index (χ1) is 12.7. The van der Waals surface area contributed by atoms with Gasteiger partial charge in [-0.25, -0.2) is 9.37 Å². The number of halogens is 1. The quantitative estimate of drug-likeness (QED) is 0.779. The zero-order chi connectivity index (χ0) is 17.9. The zero-order valence-electron chi connectivity index (χ0n) is 14.3. The van der Waals surface area contributed by atoms with Crippen LogP contribution < -0.4 is 4.74 Å². The van der Waals surface area contributed by atoms with Crippen LogP contribution in [0.2, 0.25) is 0 Å². The molecule has 3 heterocycles. The number of para-hydroxylation sites is 1. The first-order valence-electron chi connectivity index (χ1n) is 8.80. The molecule has 1 atom stereocenters. The summed E-state index contributed by atoms with van der Waals surface area (Å²) in [6, 6.07) is 10.6. The molecule has 6 heteroatoms. The van der Waals surface area contributed by atoms with Gasteiger partial charge in [0.25, 0.3) is 5.91 Å². The summed E-state index contributed by atoms with van der Waals surface area (Å²) in [6.45, 7) is 1.87. The maximum absolute atomic E-state index is 13.0. The van der Waals surface area contributed by atoms with Crippen LogP contribution in [0.5, 0.6) is 5.88 Å². The highest BCUT2D eigenvalue weighted by Crippen LogP contribution is 2.23. The van der Waals surface area contributed by atoms with Crippen molar-refractivity contribution in [3.63, 3.8) is 0 Å². The predicted molar refractivity (Wildman–Crippen MR) is 96.6 cm³/mol. The van der Waals surface area contributed by atoms with Crippen molar-refractivity contribution in [2.24, 2.45) is 5.92 Å². The Morgan fingerprint density at radius 3 is 3.08 bits per heavy atom. The molecule has 0 saturated carbocycles. The Balaban J connectivity index is 1.42. The Hall–Kier alpha value is -2.89. The third kappa shape index (κ3) is 3.40. The van der Waals surface area contributed by atoms with E-state index in [9.17, 15) is 9.18 Å². The minimum Gasteiger partial charge on any atom is -0.477 e. The molecule has 1 fully saturated rings. The third-order valence-electron chi connectivity index (χ3n) is 4.79. The van der Waals surface area contributed by atoms with E-state index in [0.29, 0.717) is 24.6 Å². The maximum atomic E-state index is 13.0. The second kappa shape index (κ2) is 7.15. The van der Waals surface area contributed by atoms with Gasteiger partial charge in [0.05, 0.1) is 23.9 Å². The van der Waals surface area contributed by atoms with Crippen LogP contribution in [-0.2, 0) is 0 Å². The zero-order valence-corrected chi connectivity index (χ0v) is 14.3. The molecule has 0 aliphatic carbocycles. The van der Waals surface area contributed by atoms with Crippen molar-refractivity contribution in [2.75, 3.05) is 19.7 Å². The highest BCUT2D eigenvalue weighted by molar-refractivity contribution is 6.05. The second-order valence-electron chi connectivity index (χ2n) is 6.63. The van der Waals surface area contributed by atoms with E-state index < -0.39 is 0 Å². The van der Waals surface area contributed by atoms with Crippen LogP contribution in [0.25, 0.3) is 10.9 Å². The Morgan fingerprint density at radius 1 is 1.31 bits per heavy atom. The lowest BCUT2D eigenvalue weighted by molar-refractivity contribution is 0.0633. The molecule has 1 N–H and O–H groups in total. The van der Waals surface area contributed by atoms with Crippen molar-refractivity contribution < 1.29 is 13.9 Å². The lowest BCUT2D eigenvalue weighted by Crippen LogP contribution is -2.41. The highest BCUT2D eigenvalue weighted by Gasteiger charge is 2.26. The first-order valence-corrected chi connectivity index (χ1v) is 8.80. The van der Waals surface area contributed by atoms with Crippen molar-refractivity contribution in [2.45, 2.75) is 12.8 Å². The first kappa shape index (κ1) is 16.6. The van der Waals surface area contributed by atoms with E-state index in [4.69, 9.17) is 4.74 Å². The molecule has 0 bridgehead atoms. The molecule has 0 radical (unpaired) electrons. The molecule has 1 unspecified atom stereocenters. The molecule has 2 aromatic heterocycles. The molecule has 1 saturated heterocycles. The summed E-state index contributed by atoms with van der Waals surface area (Å²) in [5.74, 6) is 0.307. The molecule has 1 aliphatic rings. The van der Waals surface area contributed by atoms with Gasteiger partial charge in [0.1, 0.15) is 5.82 Å². The fourth-order valence-corrected chi connectivity index (χ4v) is 3.47. The summed E-state index contributed by atoms with van der Waals surface area (Å²) < 4.78 is 18.6. The predicted octanol–water partition coefficient (Wildman–Crippen LogP) is 3.63. The van der Waals surface area contributed by atoms with Crippen molar-refractivity contribution >= 4 is 16.8 Å². The minimum absolute atomic E-state index is 0.0441. The Morgan fingerprint density at radius 2 is 2.23 bits per heavy atom. The normalized spacial score (nSPS) is 17.4. The number of rotatable bonds is 4. The standard InChI is InChI=1S/C20H20FN3O2/c21-16-6-7-18(23-11-16)26-13-14-3-2-10-24(12-14)20(25)17-5-1-4-15-8-9-22-19(15)17/h1,4-9,11,14,22H,2-3,10,12-13H2. The van der Waals surface area contributed by atoms with Crippen LogP contribution in [-0.4, -0.2) is 40.5 Å². The number of likely N-dealkylation sites (tertiary alicyclic amines) is 1. The van der Waals surface area contributed by atoms with Crippen LogP contribution in [0, 0.1) is 11.7 Å². The average Bonchev–Trinajstić information content (AvgIpc) is 3.16. The number of nitrogens with one attached hydrogen (secondary N) is 1. The number of aromatic nitrogens is 2. The highest BCUT2D eigenvalue weighted by atomic mass is 19.1. The van der Waals surface area contributed by atoms with E-state index >= 15 is 0 Å². The molecule has 1 amide bonds. The van der Waals surface area contributed by atoms with Crippen molar-refractivity contribution in [3.05, 3.63) is 60.2 Å². The van der Waals surface area contributed by atoms with Gasteiger partial charge in [-0.05, 0) is 31.0 Å². The molecule has 4 rings (SSSR count). The van der Waals surface area contributed by atoms with Gasteiger partial charge in [-0.1, -0.05) is 12.1 Å². The molecule has 5 nitrogen and oxygen atoms in total. The number of nitrogens with zero attached hydrogens (tertiary/aromatic N) is 2. The van der Waals surface area contributed by atoms with Crippen LogP contribution in [0.4, 0.5) is 4.39 Å². The number of pyridine rings is 1. The largest absolute Gasteiger partial charge is 0.477 e. The number of ether oxygens (including phenoxy) is 1. The molecule has 3 aromatic rings. The second-order valence-corrected chi connectivity index (χ2v) is 6.63. The number of H-pyrrole nitrogens is 1. The number of piperidine rings is 1. The molecular formula is C20H20FN3O2. The van der Waals surface area contributed by atoms with E-state index in [0.717, 1.165) is 36.5 Å². The Labute approximate surface area is 150 Å². The molecular weight excluding hydrogens is 333 g/mol. The maximum Gasteiger partial charge on any atom is 0.255 e. The summed E-state index contributed by atoms with van der Waals surface area (Å²) in [5, 5.41) is 1.04. The summed E-state index contributed by atoms with van der Waals surface area (Å²) in [6.07, 6.45) is 4.93. The monoisotopic (exact) mass is 353 g/mol. The fraction of sp³-hybridized carbons (Fsp3) is 0.300. The van der Waals surface area contributed by atoms with Gasteiger partial charge >= 0.3 is 0 Å². The van der Waals surface area contributed by atoms with Gasteiger partial charge in [0.2, 0.25) is 5.88 Å². The number of hydrogen-bond donors (Lipinski definition) is 1. The van der Waals surface area contributed by atoms with Gasteiger partial charge < -0.3 is 14.6 Å². The number of hydrogen-bond acceptors (Lipinski definition) is 3. The SMILES string of the molecule is O=C(c1cccc2cc[nH]c12)N1CCCC(COc2ccc(F)cn2)C1. The lowest BCUT2D eigenvalue weighted by atomic mass is 9.98. The number of aromatic amines is 1. The minimum atomic E-state index is -0.384. The average molecular weight is 353 g/mol. The number of fused-ring (bicyclic) bond motifs is 1. The molecule has 134 valence electrons. The summed E-state index contributed by atoms with van der Waals surface area (Å²) in [4.78, 5) is 21.9. The molecule has 1 aromatic carbocycles. The third-order valence-corrected chi connectivity index (χ3v) is 4.79. The summed E-state index contributed by atoms with van der Waals surface area (Å²) >= 11 is 0. The van der Waals surface area contributed by atoms with E-state index in [1.165, 1.54) is 12.1 Å². The number of carbonyl (C=O) groups is 1. The van der Waals surface area contributed by atoms with Gasteiger partial charge in [0, 0.05) is 36.7 Å². The Kier molecular flexibility index (Phi) is 4.56. The van der Waals surface area contributed by atoms with E-state index in [-0.39, 0.29) is 17.6 Å². The van der Waals surface area contributed by atoms with Gasteiger partial charge in [-0.15, -0.1) is 0 Å². The van der Waals surface area contributed by atoms with Crippen LogP contribution in [0.1, 0.15) is 23.2 Å². The number of benzene rings is 1. The van der Waals surface area contributed by atoms with Crippen LogP contribution in [0.15, 0.2) is 48.8 Å². The Bertz CT molecular complexity index is 907. The smallest absolute Gasteiger partial charge is 0.255 e. The van der Waals surface area contributed by atoms with E-state index in [1.807, 2.05) is 35.4 Å². The van der Waals surface area contributed by atoms with Crippen molar-refractivity contribution in [1.29, 1.82) is 0 Å². The van der Waals surface area contributed by atoms with Crippen LogP contribution in [0.3, 0.4) is 0 Å². The summed E-state index contributed by atoms with van der Waals surface area (Å²) in [5.41, 5.74) is 1.58. The lowest BCUT2D eigenvalue weighted by Gasteiger charge is -2.32. The van der Waals surface area contributed by atoms with Crippen LogP contribution >= 0.6 is 0 Å². The van der Waals surface area contributed by atoms with E-state index in [1.54, 1.807) is 0 Å². The van der Waals surface area contributed by atoms with Gasteiger partial charge in [-0.2, -0.15) is 0 Å². The molecule has 1 aliphatic heterocycles. The topological polar surface area (TPSA) is 58.2 Å². The molecule has 0 spiro atoms. The number of carbonyl (C=O) groups excluding carboxylic acids is 1. The van der Waals surface area contributed by atoms with Crippen molar-refractivity contribution in [3.8, 4) is 5.88 Å². The van der Waals surface area contributed by atoms with Gasteiger partial charge in [0.15, 0.2) is 0 Å². The fourth-order valence-electron chi connectivity index (χ4n) is 3.47. The van der Waals surface area contributed by atoms with E-state index in [2.05, 4.69) is 9.97 Å². The summed E-state index contributed by atoms with van der Waals surface area (Å²) in [7, 11) is 0. The van der Waals surface area contributed by atoms with Crippen molar-refractivity contribution in [1.82, 2.24) is 14.9 Å². The number of amides is 1. The van der Waals surface area contributed by atoms with Gasteiger partial charge in [-0.3, -0.25) is 4.79 Å².